The van der Waals surface area contributed by atoms with Gasteiger partial charge >= 0.3 is 0 Å². The molecular weight excluding hydrogens is 298 g/mol. The standard InChI is InChI=1S/C17H16ClN3O/c1-11-10-14(12-6-4-5-7-13(12)19-11)21(2)16-9-8-15(22-3)17(18)20-16/h4-10H,1-3H3. The quantitative estimate of drug-likeness (QED) is 0.673. The summed E-state index contributed by atoms with van der Waals surface area (Å²) in [5.74, 6) is 1.32. The van der Waals surface area contributed by atoms with Gasteiger partial charge < -0.3 is 9.64 Å². The Bertz CT molecular complexity index is 835. The SMILES string of the molecule is COc1ccc(N(C)c2cc(C)nc3ccccc23)nc1Cl. The number of hydrogen-bond acceptors (Lipinski definition) is 4. The van der Waals surface area contributed by atoms with E-state index in [0.29, 0.717) is 10.9 Å². The van der Waals surface area contributed by atoms with Gasteiger partial charge in [0.25, 0.3) is 0 Å². The van der Waals surface area contributed by atoms with Crippen molar-refractivity contribution in [1.82, 2.24) is 9.97 Å². The van der Waals surface area contributed by atoms with Gasteiger partial charge in [-0.05, 0) is 31.2 Å². The van der Waals surface area contributed by atoms with Crippen molar-refractivity contribution in [2.45, 2.75) is 6.92 Å². The van der Waals surface area contributed by atoms with E-state index in [1.165, 1.54) is 0 Å². The number of pyridine rings is 2. The molecule has 1 aromatic carbocycles. The molecular formula is C17H16ClN3O. The van der Waals surface area contributed by atoms with E-state index in [-0.39, 0.29) is 0 Å². The van der Waals surface area contributed by atoms with E-state index in [1.54, 1.807) is 7.11 Å². The second kappa shape index (κ2) is 5.81. The third kappa shape index (κ3) is 2.57. The Morgan fingerprint density at radius 1 is 1.09 bits per heavy atom. The van der Waals surface area contributed by atoms with E-state index in [2.05, 4.69) is 16.0 Å². The number of aromatic nitrogens is 2. The van der Waals surface area contributed by atoms with Crippen LogP contribution in [-0.4, -0.2) is 24.1 Å². The van der Waals surface area contributed by atoms with Crippen molar-refractivity contribution in [2.24, 2.45) is 0 Å². The Hall–Kier alpha value is -2.33. The molecule has 4 nitrogen and oxygen atoms in total. The number of anilines is 2. The van der Waals surface area contributed by atoms with Crippen molar-refractivity contribution in [2.75, 3.05) is 19.1 Å². The first-order valence-corrected chi connectivity index (χ1v) is 7.28. The molecule has 0 N–H and O–H groups in total. The highest BCUT2D eigenvalue weighted by molar-refractivity contribution is 6.31. The van der Waals surface area contributed by atoms with Crippen LogP contribution >= 0.6 is 11.6 Å². The maximum atomic E-state index is 6.14. The van der Waals surface area contributed by atoms with Gasteiger partial charge in [-0.2, -0.15) is 0 Å². The molecule has 0 unspecified atom stereocenters. The fraction of sp³-hybridized carbons (Fsp3) is 0.176. The molecule has 3 rings (SSSR count). The maximum Gasteiger partial charge on any atom is 0.173 e. The number of fused-ring (bicyclic) bond motifs is 1. The van der Waals surface area contributed by atoms with E-state index in [0.717, 1.165) is 28.1 Å². The summed E-state index contributed by atoms with van der Waals surface area (Å²) in [6.07, 6.45) is 0. The maximum absolute atomic E-state index is 6.14. The van der Waals surface area contributed by atoms with E-state index < -0.39 is 0 Å². The normalized spacial score (nSPS) is 10.7. The van der Waals surface area contributed by atoms with Gasteiger partial charge in [0.05, 0.1) is 18.3 Å². The van der Waals surface area contributed by atoms with Crippen molar-refractivity contribution in [1.29, 1.82) is 0 Å². The van der Waals surface area contributed by atoms with Crippen LogP contribution < -0.4 is 9.64 Å². The van der Waals surface area contributed by atoms with Gasteiger partial charge in [0.15, 0.2) is 10.9 Å². The molecule has 0 bridgehead atoms. The first-order chi connectivity index (χ1) is 10.6. The molecule has 3 aromatic rings. The van der Waals surface area contributed by atoms with Gasteiger partial charge in [-0.15, -0.1) is 0 Å². The van der Waals surface area contributed by atoms with Gasteiger partial charge in [-0.1, -0.05) is 29.8 Å². The summed E-state index contributed by atoms with van der Waals surface area (Å²) in [5, 5.41) is 1.42. The second-order valence-corrected chi connectivity index (χ2v) is 5.38. The minimum absolute atomic E-state index is 0.349. The molecule has 22 heavy (non-hydrogen) atoms. The number of ether oxygens (including phenoxy) is 1. The summed E-state index contributed by atoms with van der Waals surface area (Å²) in [7, 11) is 3.54. The number of halogens is 1. The average molecular weight is 314 g/mol. The Balaban J connectivity index is 2.12. The number of rotatable bonds is 3. The van der Waals surface area contributed by atoms with E-state index in [9.17, 15) is 0 Å². The second-order valence-electron chi connectivity index (χ2n) is 5.02. The Morgan fingerprint density at radius 2 is 1.86 bits per heavy atom. The molecule has 0 aliphatic heterocycles. The highest BCUT2D eigenvalue weighted by Crippen LogP contribution is 2.32. The topological polar surface area (TPSA) is 38.2 Å². The molecule has 2 aromatic heterocycles. The molecule has 0 aliphatic rings. The van der Waals surface area contributed by atoms with E-state index in [1.807, 2.05) is 55.3 Å². The molecule has 0 atom stereocenters. The van der Waals surface area contributed by atoms with Crippen LogP contribution in [0.1, 0.15) is 5.69 Å². The van der Waals surface area contributed by atoms with Crippen LogP contribution in [0.4, 0.5) is 11.5 Å². The minimum atomic E-state index is 0.349. The van der Waals surface area contributed by atoms with Crippen LogP contribution in [-0.2, 0) is 0 Å². The zero-order valence-corrected chi connectivity index (χ0v) is 13.4. The van der Waals surface area contributed by atoms with Crippen molar-refractivity contribution in [3.05, 3.63) is 53.3 Å². The highest BCUT2D eigenvalue weighted by atomic mass is 35.5. The number of aryl methyl sites for hydroxylation is 1. The lowest BCUT2D eigenvalue weighted by Gasteiger charge is -2.21. The molecule has 0 saturated heterocycles. The molecule has 0 radical (unpaired) electrons. The van der Waals surface area contributed by atoms with Crippen LogP contribution in [0.2, 0.25) is 5.15 Å². The predicted octanol–water partition coefficient (Wildman–Crippen LogP) is 4.37. The minimum Gasteiger partial charge on any atom is -0.494 e. The Labute approximate surface area is 134 Å². The molecule has 5 heteroatoms. The highest BCUT2D eigenvalue weighted by Gasteiger charge is 2.13. The van der Waals surface area contributed by atoms with Gasteiger partial charge in [0.2, 0.25) is 0 Å². The first kappa shape index (κ1) is 14.6. The number of nitrogens with zero attached hydrogens (tertiary/aromatic N) is 3. The van der Waals surface area contributed by atoms with Crippen LogP contribution in [0.15, 0.2) is 42.5 Å². The van der Waals surface area contributed by atoms with Gasteiger partial charge in [-0.25, -0.2) is 4.98 Å². The lowest BCUT2D eigenvalue weighted by atomic mass is 10.1. The largest absolute Gasteiger partial charge is 0.494 e. The lowest BCUT2D eigenvalue weighted by Crippen LogP contribution is -2.12. The fourth-order valence-corrected chi connectivity index (χ4v) is 2.66. The van der Waals surface area contributed by atoms with Crippen molar-refractivity contribution >= 4 is 34.0 Å². The molecule has 0 spiro atoms. The smallest absolute Gasteiger partial charge is 0.173 e. The molecule has 0 amide bonds. The Kier molecular flexibility index (Phi) is 3.86. The van der Waals surface area contributed by atoms with E-state index in [4.69, 9.17) is 16.3 Å². The van der Waals surface area contributed by atoms with Gasteiger partial charge in [0, 0.05) is 18.1 Å². The average Bonchev–Trinajstić information content (AvgIpc) is 2.53. The summed E-state index contributed by atoms with van der Waals surface area (Å²) in [5.41, 5.74) is 2.96. The number of hydrogen-bond donors (Lipinski definition) is 0. The Morgan fingerprint density at radius 3 is 2.59 bits per heavy atom. The molecule has 112 valence electrons. The predicted molar refractivity (Wildman–Crippen MR) is 90.3 cm³/mol. The lowest BCUT2D eigenvalue weighted by molar-refractivity contribution is 0.413. The molecule has 2 heterocycles. The van der Waals surface area contributed by atoms with Gasteiger partial charge in [0.1, 0.15) is 5.82 Å². The molecule has 0 aliphatic carbocycles. The van der Waals surface area contributed by atoms with Crippen LogP contribution in [0.5, 0.6) is 5.75 Å². The van der Waals surface area contributed by atoms with Crippen LogP contribution in [0, 0.1) is 6.92 Å². The number of methoxy groups -OCH3 is 1. The zero-order chi connectivity index (χ0) is 15.7. The number of benzene rings is 1. The van der Waals surface area contributed by atoms with Gasteiger partial charge in [-0.3, -0.25) is 4.98 Å². The summed E-state index contributed by atoms with van der Waals surface area (Å²) in [4.78, 5) is 11.0. The van der Waals surface area contributed by atoms with Crippen LogP contribution in [0.25, 0.3) is 10.9 Å². The molecule has 0 saturated carbocycles. The fourth-order valence-electron chi connectivity index (χ4n) is 2.44. The van der Waals surface area contributed by atoms with Crippen molar-refractivity contribution < 1.29 is 4.74 Å². The zero-order valence-electron chi connectivity index (χ0n) is 12.7. The first-order valence-electron chi connectivity index (χ1n) is 6.91. The monoisotopic (exact) mass is 313 g/mol. The van der Waals surface area contributed by atoms with Crippen molar-refractivity contribution in [3.8, 4) is 5.75 Å². The summed E-state index contributed by atoms with van der Waals surface area (Å²) in [6, 6.07) is 13.8. The summed E-state index contributed by atoms with van der Waals surface area (Å²) < 4.78 is 5.15. The number of para-hydroxylation sites is 1. The van der Waals surface area contributed by atoms with E-state index >= 15 is 0 Å². The third-order valence-electron chi connectivity index (χ3n) is 3.55. The molecule has 0 fully saturated rings. The van der Waals surface area contributed by atoms with Crippen LogP contribution in [0.3, 0.4) is 0 Å². The van der Waals surface area contributed by atoms with Crippen molar-refractivity contribution in [3.63, 3.8) is 0 Å². The summed E-state index contributed by atoms with van der Waals surface area (Å²) in [6.45, 7) is 1.98. The third-order valence-corrected chi connectivity index (χ3v) is 3.82. The summed E-state index contributed by atoms with van der Waals surface area (Å²) >= 11 is 6.14.